The van der Waals surface area contributed by atoms with Crippen LogP contribution < -0.4 is 0 Å². The summed E-state index contributed by atoms with van der Waals surface area (Å²) in [6.07, 6.45) is 1.43. The predicted molar refractivity (Wildman–Crippen MR) is 76.7 cm³/mol. The van der Waals surface area contributed by atoms with Gasteiger partial charge in [0.25, 0.3) is 5.91 Å². The maximum absolute atomic E-state index is 13.4. The number of amides is 1. The number of hydrogen-bond donors (Lipinski definition) is 0. The Labute approximate surface area is 127 Å². The number of benzene rings is 1. The zero-order valence-electron chi connectivity index (χ0n) is 11.8. The number of ether oxygens (including phenoxy) is 1. The summed E-state index contributed by atoms with van der Waals surface area (Å²) in [5, 5.41) is -0.0189. The molecule has 0 aromatic heterocycles. The third-order valence-corrected chi connectivity index (χ3v) is 3.80. The van der Waals surface area contributed by atoms with Crippen molar-refractivity contribution in [3.05, 3.63) is 34.6 Å². The van der Waals surface area contributed by atoms with E-state index >= 15 is 0 Å². The van der Waals surface area contributed by atoms with Gasteiger partial charge in [-0.1, -0.05) is 11.6 Å². The fourth-order valence-electron chi connectivity index (χ4n) is 2.43. The van der Waals surface area contributed by atoms with Crippen LogP contribution in [0.15, 0.2) is 18.2 Å². The molecule has 4 nitrogen and oxygen atoms in total. The number of hydrogen-bond acceptors (Lipinski definition) is 3. The highest BCUT2D eigenvalue weighted by Crippen LogP contribution is 2.22. The van der Waals surface area contributed by atoms with E-state index in [4.69, 9.17) is 16.3 Å². The molecule has 1 fully saturated rings. The van der Waals surface area contributed by atoms with Crippen molar-refractivity contribution in [1.29, 1.82) is 0 Å². The van der Waals surface area contributed by atoms with Gasteiger partial charge >= 0.3 is 5.97 Å². The molecule has 1 aliphatic heterocycles. The highest BCUT2D eigenvalue weighted by Gasteiger charge is 2.29. The Morgan fingerprint density at radius 3 is 2.90 bits per heavy atom. The van der Waals surface area contributed by atoms with Crippen molar-refractivity contribution in [3.63, 3.8) is 0 Å². The Morgan fingerprint density at radius 2 is 2.24 bits per heavy atom. The molecule has 21 heavy (non-hydrogen) atoms. The van der Waals surface area contributed by atoms with E-state index in [0.717, 1.165) is 12.5 Å². The van der Waals surface area contributed by atoms with Crippen molar-refractivity contribution in [3.8, 4) is 0 Å². The van der Waals surface area contributed by atoms with Gasteiger partial charge in [-0.25, -0.2) is 4.39 Å². The molecule has 1 aromatic carbocycles. The molecule has 2 rings (SSSR count). The first-order chi connectivity index (χ1) is 10.0. The van der Waals surface area contributed by atoms with Crippen LogP contribution in [0.1, 0.15) is 30.1 Å². The normalized spacial score (nSPS) is 18.4. The topological polar surface area (TPSA) is 46.6 Å². The predicted octanol–water partition coefficient (Wildman–Crippen LogP) is 2.89. The van der Waals surface area contributed by atoms with Gasteiger partial charge in [0.15, 0.2) is 0 Å². The van der Waals surface area contributed by atoms with Gasteiger partial charge in [0.2, 0.25) is 0 Å². The molecule has 1 aliphatic rings. The van der Waals surface area contributed by atoms with Crippen molar-refractivity contribution in [2.24, 2.45) is 5.92 Å². The molecule has 0 unspecified atom stereocenters. The minimum absolute atomic E-state index is 0.0189. The van der Waals surface area contributed by atoms with E-state index in [1.807, 2.05) is 0 Å². The second-order valence-corrected chi connectivity index (χ2v) is 5.38. The minimum Gasteiger partial charge on any atom is -0.466 e. The van der Waals surface area contributed by atoms with Gasteiger partial charge in [0.1, 0.15) is 5.82 Å². The van der Waals surface area contributed by atoms with Crippen LogP contribution in [0, 0.1) is 11.7 Å². The average molecular weight is 314 g/mol. The summed E-state index contributed by atoms with van der Waals surface area (Å²) < 4.78 is 18.4. The number of halogens is 2. The quantitative estimate of drug-likeness (QED) is 0.806. The van der Waals surface area contributed by atoms with E-state index in [0.29, 0.717) is 26.1 Å². The van der Waals surface area contributed by atoms with E-state index in [9.17, 15) is 14.0 Å². The second-order valence-electron chi connectivity index (χ2n) is 4.97. The van der Waals surface area contributed by atoms with Crippen LogP contribution in [0.5, 0.6) is 0 Å². The van der Waals surface area contributed by atoms with Crippen LogP contribution in [-0.2, 0) is 9.53 Å². The summed E-state index contributed by atoms with van der Waals surface area (Å²) in [5.74, 6) is -1.50. The summed E-state index contributed by atoms with van der Waals surface area (Å²) in [4.78, 5) is 25.7. The maximum atomic E-state index is 13.4. The number of piperidine rings is 1. The highest BCUT2D eigenvalue weighted by molar-refractivity contribution is 6.30. The maximum Gasteiger partial charge on any atom is 0.310 e. The van der Waals surface area contributed by atoms with Gasteiger partial charge in [-0.3, -0.25) is 9.59 Å². The highest BCUT2D eigenvalue weighted by atomic mass is 35.5. The third-order valence-electron chi connectivity index (χ3n) is 3.50. The largest absolute Gasteiger partial charge is 0.466 e. The smallest absolute Gasteiger partial charge is 0.310 e. The van der Waals surface area contributed by atoms with Gasteiger partial charge < -0.3 is 9.64 Å². The van der Waals surface area contributed by atoms with Crippen molar-refractivity contribution in [2.45, 2.75) is 19.8 Å². The van der Waals surface area contributed by atoms with Crippen LogP contribution in [0.25, 0.3) is 0 Å². The van der Waals surface area contributed by atoms with Gasteiger partial charge in [0.05, 0.1) is 17.5 Å². The lowest BCUT2D eigenvalue weighted by Crippen LogP contribution is -2.42. The molecule has 1 heterocycles. The SMILES string of the molecule is CCOC(=O)[C@H]1CCCN(C(=O)c2ccc(Cl)c(F)c2)C1. The summed E-state index contributed by atoms with van der Waals surface area (Å²) in [6.45, 7) is 2.94. The Kier molecular flexibility index (Phi) is 5.17. The lowest BCUT2D eigenvalue weighted by atomic mass is 9.97. The molecule has 6 heteroatoms. The first-order valence-electron chi connectivity index (χ1n) is 6.94. The molecule has 1 atom stereocenters. The third kappa shape index (κ3) is 3.73. The zero-order valence-corrected chi connectivity index (χ0v) is 12.5. The number of nitrogens with zero attached hydrogens (tertiary/aromatic N) is 1. The molecule has 1 amide bonds. The Bertz CT molecular complexity index is 550. The first-order valence-corrected chi connectivity index (χ1v) is 7.31. The van der Waals surface area contributed by atoms with Crippen molar-refractivity contribution >= 4 is 23.5 Å². The van der Waals surface area contributed by atoms with Crippen molar-refractivity contribution < 1.29 is 18.7 Å². The van der Waals surface area contributed by atoms with Gasteiger partial charge in [0, 0.05) is 18.7 Å². The van der Waals surface area contributed by atoms with E-state index < -0.39 is 5.82 Å². The van der Waals surface area contributed by atoms with Crippen LogP contribution in [0.4, 0.5) is 4.39 Å². The Hall–Kier alpha value is -1.62. The number of rotatable bonds is 3. The molecule has 0 saturated carbocycles. The standard InChI is InChI=1S/C15H17ClFNO3/c1-2-21-15(20)11-4-3-7-18(9-11)14(19)10-5-6-12(16)13(17)8-10/h5-6,8,11H,2-4,7,9H2,1H3/t11-/m0/s1. The minimum atomic E-state index is -0.624. The molecule has 0 bridgehead atoms. The summed E-state index contributed by atoms with van der Waals surface area (Å²) >= 11 is 5.61. The average Bonchev–Trinajstić information content (AvgIpc) is 2.49. The molecular weight excluding hydrogens is 297 g/mol. The molecule has 0 N–H and O–H groups in total. The van der Waals surface area contributed by atoms with Crippen LogP contribution in [0.2, 0.25) is 5.02 Å². The number of carbonyl (C=O) groups excluding carboxylic acids is 2. The van der Waals surface area contributed by atoms with Gasteiger partial charge in [-0.05, 0) is 38.0 Å². The number of likely N-dealkylation sites (tertiary alicyclic amines) is 1. The van der Waals surface area contributed by atoms with Crippen molar-refractivity contribution in [1.82, 2.24) is 4.90 Å². The molecule has 0 spiro atoms. The number of carbonyl (C=O) groups is 2. The van der Waals surface area contributed by atoms with Crippen LogP contribution >= 0.6 is 11.6 Å². The summed E-state index contributed by atoms with van der Waals surface area (Å²) in [6, 6.07) is 3.97. The lowest BCUT2D eigenvalue weighted by molar-refractivity contribution is -0.149. The van der Waals surface area contributed by atoms with E-state index in [-0.39, 0.29) is 28.4 Å². The molecule has 114 valence electrons. The molecule has 0 radical (unpaired) electrons. The second kappa shape index (κ2) is 6.89. The number of esters is 1. The molecule has 1 aromatic rings. The first kappa shape index (κ1) is 15.8. The molecular formula is C15H17ClFNO3. The summed E-state index contributed by atoms with van der Waals surface area (Å²) in [5.41, 5.74) is 0.237. The van der Waals surface area contributed by atoms with Crippen LogP contribution in [0.3, 0.4) is 0 Å². The van der Waals surface area contributed by atoms with Crippen LogP contribution in [-0.4, -0.2) is 36.5 Å². The van der Waals surface area contributed by atoms with Crippen molar-refractivity contribution in [2.75, 3.05) is 19.7 Å². The lowest BCUT2D eigenvalue weighted by Gasteiger charge is -2.31. The fraction of sp³-hybridized carbons (Fsp3) is 0.467. The Balaban J connectivity index is 2.08. The monoisotopic (exact) mass is 313 g/mol. The summed E-state index contributed by atoms with van der Waals surface area (Å²) in [7, 11) is 0. The van der Waals surface area contributed by atoms with Gasteiger partial charge in [-0.15, -0.1) is 0 Å². The zero-order chi connectivity index (χ0) is 15.4. The Morgan fingerprint density at radius 1 is 1.48 bits per heavy atom. The van der Waals surface area contributed by atoms with E-state index in [1.165, 1.54) is 12.1 Å². The molecule has 0 aliphatic carbocycles. The fourth-order valence-corrected chi connectivity index (χ4v) is 2.54. The van der Waals surface area contributed by atoms with E-state index in [1.54, 1.807) is 11.8 Å². The molecule has 1 saturated heterocycles. The van der Waals surface area contributed by atoms with E-state index in [2.05, 4.69) is 0 Å². The van der Waals surface area contributed by atoms with Gasteiger partial charge in [-0.2, -0.15) is 0 Å².